The Bertz CT molecular complexity index is 622. The molecule has 0 saturated heterocycles. The Morgan fingerprint density at radius 3 is 2.40 bits per heavy atom. The molecule has 0 aliphatic rings. The molecule has 0 radical (unpaired) electrons. The minimum Gasteiger partial charge on any atom is -0.484 e. The molecule has 20 heavy (non-hydrogen) atoms. The zero-order valence-corrected chi connectivity index (χ0v) is 12.0. The van der Waals surface area contributed by atoms with Gasteiger partial charge in [-0.1, -0.05) is 12.1 Å². The minimum atomic E-state index is -0.508. The van der Waals surface area contributed by atoms with E-state index in [1.165, 1.54) is 11.3 Å². The third-order valence-corrected chi connectivity index (χ3v) is 3.94. The lowest BCUT2D eigenvalue weighted by Crippen LogP contribution is -2.19. The molecule has 2 rings (SSSR count). The van der Waals surface area contributed by atoms with E-state index in [0.717, 1.165) is 10.4 Å². The van der Waals surface area contributed by atoms with Crippen molar-refractivity contribution in [2.75, 3.05) is 6.61 Å². The highest BCUT2D eigenvalue weighted by Gasteiger charge is 2.07. The fraction of sp³-hybridized carbons (Fsp3) is 0.143. The van der Waals surface area contributed by atoms with Crippen molar-refractivity contribution in [3.8, 4) is 5.75 Å². The topological polar surface area (TPSA) is 69.4 Å². The molecule has 1 heterocycles. The number of amides is 1. The van der Waals surface area contributed by atoms with Crippen LogP contribution in [-0.4, -0.2) is 17.8 Å². The van der Waals surface area contributed by atoms with Crippen LogP contribution < -0.4 is 10.5 Å². The number of ether oxygens (including phenoxy) is 1. The lowest BCUT2D eigenvalue weighted by atomic mass is 10.1. The largest absolute Gasteiger partial charge is 0.484 e. The third kappa shape index (κ3) is 4.08. The third-order valence-electron chi connectivity index (χ3n) is 2.54. The first-order valence-electron chi connectivity index (χ1n) is 5.83. The number of nitrogens with two attached hydrogens (primary N) is 1. The van der Waals surface area contributed by atoms with Crippen LogP contribution in [0, 0.1) is 0 Å². The summed E-state index contributed by atoms with van der Waals surface area (Å²) in [5.41, 5.74) is 6.07. The van der Waals surface area contributed by atoms with Gasteiger partial charge in [-0.25, -0.2) is 0 Å². The zero-order valence-electron chi connectivity index (χ0n) is 10.5. The number of thiophene rings is 1. The molecular weight excluding hydrogens is 298 g/mol. The highest BCUT2D eigenvalue weighted by atomic mass is 35.5. The molecule has 0 fully saturated rings. The summed E-state index contributed by atoms with van der Waals surface area (Å²) in [6.07, 6.45) is 0.713. The number of benzene rings is 1. The molecule has 104 valence electrons. The van der Waals surface area contributed by atoms with Gasteiger partial charge >= 0.3 is 0 Å². The molecule has 2 aromatic rings. The molecule has 0 spiro atoms. The lowest BCUT2D eigenvalue weighted by Gasteiger charge is -2.04. The Balaban J connectivity index is 1.99. The molecule has 4 nitrogen and oxygen atoms in total. The van der Waals surface area contributed by atoms with Crippen molar-refractivity contribution in [1.29, 1.82) is 0 Å². The fourth-order valence-corrected chi connectivity index (χ4v) is 2.69. The summed E-state index contributed by atoms with van der Waals surface area (Å²) in [6, 6.07) is 11.0. The summed E-state index contributed by atoms with van der Waals surface area (Å²) in [4.78, 5) is 23.2. The van der Waals surface area contributed by atoms with Gasteiger partial charge in [0, 0.05) is 11.3 Å². The quantitative estimate of drug-likeness (QED) is 0.834. The maximum Gasteiger partial charge on any atom is 0.262 e. The normalized spacial score (nSPS) is 10.2. The summed E-state index contributed by atoms with van der Waals surface area (Å²) in [5, 5.41) is -0.434. The summed E-state index contributed by atoms with van der Waals surface area (Å²) in [7, 11) is 0. The van der Waals surface area contributed by atoms with E-state index in [0.29, 0.717) is 17.0 Å². The van der Waals surface area contributed by atoms with Crippen molar-refractivity contribution < 1.29 is 14.3 Å². The first kappa shape index (κ1) is 14.6. The number of hydrogen-bond acceptors (Lipinski definition) is 4. The monoisotopic (exact) mass is 309 g/mol. The van der Waals surface area contributed by atoms with Crippen LogP contribution in [0.15, 0.2) is 36.4 Å². The standard InChI is InChI=1S/C14H12ClNO3S/c15-14(18)12-6-5-11(20-12)7-9-1-3-10(4-2-9)19-8-13(16)17/h1-6H,7-8H2,(H2,16,17). The summed E-state index contributed by atoms with van der Waals surface area (Å²) in [5.74, 6) is 0.0845. The van der Waals surface area contributed by atoms with E-state index in [-0.39, 0.29) is 6.61 Å². The highest BCUT2D eigenvalue weighted by Crippen LogP contribution is 2.22. The molecule has 0 aliphatic heterocycles. The van der Waals surface area contributed by atoms with Crippen LogP contribution >= 0.6 is 22.9 Å². The number of carbonyl (C=O) groups excluding carboxylic acids is 2. The van der Waals surface area contributed by atoms with Gasteiger partial charge in [0.25, 0.3) is 11.1 Å². The van der Waals surface area contributed by atoms with E-state index >= 15 is 0 Å². The molecule has 0 saturated carbocycles. The average molecular weight is 310 g/mol. The van der Waals surface area contributed by atoms with E-state index < -0.39 is 11.1 Å². The van der Waals surface area contributed by atoms with Gasteiger partial charge in [0.2, 0.25) is 0 Å². The second-order valence-corrected chi connectivity index (χ2v) is 5.63. The maximum atomic E-state index is 11.0. The molecule has 6 heteroatoms. The van der Waals surface area contributed by atoms with Gasteiger partial charge in [0.05, 0.1) is 4.88 Å². The first-order valence-corrected chi connectivity index (χ1v) is 7.02. The second-order valence-electron chi connectivity index (χ2n) is 4.12. The van der Waals surface area contributed by atoms with E-state index in [2.05, 4.69) is 0 Å². The summed E-state index contributed by atoms with van der Waals surface area (Å²) >= 11 is 6.80. The molecule has 0 atom stereocenters. The Morgan fingerprint density at radius 1 is 1.15 bits per heavy atom. The van der Waals surface area contributed by atoms with E-state index in [4.69, 9.17) is 22.1 Å². The van der Waals surface area contributed by atoms with Crippen molar-refractivity contribution in [2.45, 2.75) is 6.42 Å². The minimum absolute atomic E-state index is 0.133. The van der Waals surface area contributed by atoms with Crippen LogP contribution in [0.5, 0.6) is 5.75 Å². The van der Waals surface area contributed by atoms with Gasteiger partial charge in [-0.2, -0.15) is 0 Å². The van der Waals surface area contributed by atoms with Gasteiger partial charge in [0.15, 0.2) is 6.61 Å². The molecule has 1 aromatic carbocycles. The van der Waals surface area contributed by atoms with Gasteiger partial charge in [-0.05, 0) is 41.4 Å². The molecule has 1 amide bonds. The highest BCUT2D eigenvalue weighted by molar-refractivity contribution is 7.15. The Labute approximate surface area is 125 Å². The number of primary amides is 1. The predicted octanol–water partition coefficient (Wildman–Crippen LogP) is 2.58. The molecule has 1 aromatic heterocycles. The van der Waals surface area contributed by atoms with Crippen molar-refractivity contribution in [3.05, 3.63) is 51.7 Å². The predicted molar refractivity (Wildman–Crippen MR) is 78.4 cm³/mol. The van der Waals surface area contributed by atoms with Crippen LogP contribution in [0.3, 0.4) is 0 Å². The maximum absolute atomic E-state index is 11.0. The Kier molecular flexibility index (Phi) is 4.76. The zero-order chi connectivity index (χ0) is 14.5. The second kappa shape index (κ2) is 6.54. The summed E-state index contributed by atoms with van der Waals surface area (Å²) in [6.45, 7) is -0.133. The van der Waals surface area contributed by atoms with Gasteiger partial charge in [-0.3, -0.25) is 9.59 Å². The Hall–Kier alpha value is -1.85. The number of carbonyl (C=O) groups is 2. The van der Waals surface area contributed by atoms with E-state index in [1.807, 2.05) is 18.2 Å². The number of rotatable bonds is 6. The van der Waals surface area contributed by atoms with Gasteiger partial charge in [0.1, 0.15) is 5.75 Å². The van der Waals surface area contributed by atoms with Crippen molar-refractivity contribution >= 4 is 34.1 Å². The lowest BCUT2D eigenvalue weighted by molar-refractivity contribution is -0.119. The Morgan fingerprint density at radius 2 is 1.85 bits per heavy atom. The van der Waals surface area contributed by atoms with Crippen molar-refractivity contribution in [2.24, 2.45) is 5.73 Å². The fourth-order valence-electron chi connectivity index (χ4n) is 1.64. The molecule has 0 aliphatic carbocycles. The molecular formula is C14H12ClNO3S. The van der Waals surface area contributed by atoms with Crippen molar-refractivity contribution in [1.82, 2.24) is 0 Å². The van der Waals surface area contributed by atoms with Crippen LogP contribution in [0.4, 0.5) is 0 Å². The van der Waals surface area contributed by atoms with Crippen LogP contribution in [0.1, 0.15) is 20.1 Å². The molecule has 0 unspecified atom stereocenters. The first-order chi connectivity index (χ1) is 9.54. The number of hydrogen-bond donors (Lipinski definition) is 1. The van der Waals surface area contributed by atoms with Gasteiger partial charge < -0.3 is 10.5 Å². The smallest absolute Gasteiger partial charge is 0.262 e. The van der Waals surface area contributed by atoms with Crippen LogP contribution in [0.25, 0.3) is 0 Å². The van der Waals surface area contributed by atoms with Crippen LogP contribution in [-0.2, 0) is 11.2 Å². The average Bonchev–Trinajstić information content (AvgIpc) is 2.86. The van der Waals surface area contributed by atoms with Crippen molar-refractivity contribution in [3.63, 3.8) is 0 Å². The summed E-state index contributed by atoms with van der Waals surface area (Å²) < 4.78 is 5.17. The van der Waals surface area contributed by atoms with E-state index in [9.17, 15) is 9.59 Å². The molecule has 0 bridgehead atoms. The number of halogens is 1. The molecule has 2 N–H and O–H groups in total. The van der Waals surface area contributed by atoms with Crippen LogP contribution in [0.2, 0.25) is 0 Å². The van der Waals surface area contributed by atoms with Gasteiger partial charge in [-0.15, -0.1) is 11.3 Å². The van der Waals surface area contributed by atoms with E-state index in [1.54, 1.807) is 18.2 Å². The SMILES string of the molecule is NC(=O)COc1ccc(Cc2ccc(C(=O)Cl)s2)cc1.